The second-order valence-corrected chi connectivity index (χ2v) is 4.00. The Hall–Kier alpha value is -1.64. The van der Waals surface area contributed by atoms with Crippen molar-refractivity contribution in [3.05, 3.63) is 24.0 Å². The van der Waals surface area contributed by atoms with E-state index in [1.165, 1.54) is 0 Å². The summed E-state index contributed by atoms with van der Waals surface area (Å²) in [6.45, 7) is 4.10. The van der Waals surface area contributed by atoms with E-state index in [0.717, 1.165) is 12.2 Å². The molecule has 1 atom stereocenters. The highest BCUT2D eigenvalue weighted by molar-refractivity contribution is 5.46. The Bertz CT molecular complexity index is 386. The lowest BCUT2D eigenvalue weighted by Crippen LogP contribution is -2.38. The zero-order chi connectivity index (χ0) is 13.4. The number of ether oxygens (including phenoxy) is 2. The SMILES string of the molecule is COCCN(c1ccc(C#N)nc1)C(C)COC. The van der Waals surface area contributed by atoms with Crippen LogP contribution in [0.5, 0.6) is 0 Å². The van der Waals surface area contributed by atoms with Crippen molar-refractivity contribution in [1.82, 2.24) is 4.98 Å². The van der Waals surface area contributed by atoms with Gasteiger partial charge < -0.3 is 14.4 Å². The predicted molar refractivity (Wildman–Crippen MR) is 69.5 cm³/mol. The summed E-state index contributed by atoms with van der Waals surface area (Å²) in [5.74, 6) is 0. The van der Waals surface area contributed by atoms with Crippen LogP contribution in [0.25, 0.3) is 0 Å². The van der Waals surface area contributed by atoms with Crippen LogP contribution in [-0.2, 0) is 9.47 Å². The molecule has 0 bridgehead atoms. The van der Waals surface area contributed by atoms with Crippen molar-refractivity contribution in [2.45, 2.75) is 13.0 Å². The van der Waals surface area contributed by atoms with Gasteiger partial charge in [-0.25, -0.2) is 4.98 Å². The van der Waals surface area contributed by atoms with Gasteiger partial charge in [-0.05, 0) is 19.1 Å². The Kier molecular flexibility index (Phi) is 6.12. The zero-order valence-corrected chi connectivity index (χ0v) is 11.1. The average Bonchev–Trinajstić information content (AvgIpc) is 2.40. The van der Waals surface area contributed by atoms with E-state index in [-0.39, 0.29) is 6.04 Å². The van der Waals surface area contributed by atoms with Crippen LogP contribution in [0.4, 0.5) is 5.69 Å². The molecule has 0 N–H and O–H groups in total. The number of anilines is 1. The quantitative estimate of drug-likeness (QED) is 0.732. The normalized spacial score (nSPS) is 11.9. The van der Waals surface area contributed by atoms with Crippen molar-refractivity contribution in [1.29, 1.82) is 5.26 Å². The summed E-state index contributed by atoms with van der Waals surface area (Å²) in [5, 5.41) is 8.74. The van der Waals surface area contributed by atoms with E-state index >= 15 is 0 Å². The first-order valence-corrected chi connectivity index (χ1v) is 5.83. The molecule has 0 aliphatic heterocycles. The number of rotatable bonds is 7. The fraction of sp³-hybridized carbons (Fsp3) is 0.538. The second kappa shape index (κ2) is 7.64. The molecule has 0 spiro atoms. The van der Waals surface area contributed by atoms with Gasteiger partial charge in [-0.1, -0.05) is 0 Å². The third-order valence-electron chi connectivity index (χ3n) is 2.67. The number of aromatic nitrogens is 1. The summed E-state index contributed by atoms with van der Waals surface area (Å²) in [5.41, 5.74) is 1.39. The molecular formula is C13H19N3O2. The van der Waals surface area contributed by atoms with Gasteiger partial charge in [-0.15, -0.1) is 0 Å². The Morgan fingerprint density at radius 1 is 1.39 bits per heavy atom. The van der Waals surface area contributed by atoms with Crippen LogP contribution >= 0.6 is 0 Å². The molecule has 1 heterocycles. The van der Waals surface area contributed by atoms with Crippen molar-refractivity contribution in [3.63, 3.8) is 0 Å². The Morgan fingerprint density at radius 2 is 2.17 bits per heavy atom. The van der Waals surface area contributed by atoms with E-state index < -0.39 is 0 Å². The van der Waals surface area contributed by atoms with E-state index in [9.17, 15) is 0 Å². The molecule has 0 radical (unpaired) electrons. The van der Waals surface area contributed by atoms with Gasteiger partial charge in [0.1, 0.15) is 11.8 Å². The van der Waals surface area contributed by atoms with E-state index in [1.807, 2.05) is 12.1 Å². The lowest BCUT2D eigenvalue weighted by molar-refractivity contribution is 0.171. The van der Waals surface area contributed by atoms with Gasteiger partial charge in [0.25, 0.3) is 0 Å². The molecule has 1 aromatic rings. The van der Waals surface area contributed by atoms with Crippen LogP contribution in [-0.4, -0.2) is 45.0 Å². The van der Waals surface area contributed by atoms with E-state index in [0.29, 0.717) is 18.9 Å². The number of nitrogens with zero attached hydrogens (tertiary/aromatic N) is 3. The third-order valence-corrected chi connectivity index (χ3v) is 2.67. The molecule has 1 aromatic heterocycles. The minimum Gasteiger partial charge on any atom is -0.383 e. The maximum absolute atomic E-state index is 8.74. The molecule has 1 unspecified atom stereocenters. The molecule has 0 aromatic carbocycles. The zero-order valence-electron chi connectivity index (χ0n) is 11.1. The predicted octanol–water partition coefficient (Wildman–Crippen LogP) is 1.44. The highest BCUT2D eigenvalue weighted by atomic mass is 16.5. The van der Waals surface area contributed by atoms with E-state index in [4.69, 9.17) is 14.7 Å². The monoisotopic (exact) mass is 249 g/mol. The fourth-order valence-corrected chi connectivity index (χ4v) is 1.75. The maximum Gasteiger partial charge on any atom is 0.140 e. The minimum atomic E-state index is 0.222. The standard InChI is InChI=1S/C13H19N3O2/c1-11(10-18-3)16(6-7-17-2)13-5-4-12(8-14)15-9-13/h4-5,9,11H,6-7,10H2,1-3H3. The largest absolute Gasteiger partial charge is 0.383 e. The lowest BCUT2D eigenvalue weighted by Gasteiger charge is -2.30. The first-order valence-electron chi connectivity index (χ1n) is 5.83. The number of hydrogen-bond donors (Lipinski definition) is 0. The van der Waals surface area contributed by atoms with Gasteiger partial charge in [-0.2, -0.15) is 5.26 Å². The van der Waals surface area contributed by atoms with Crippen LogP contribution in [0.1, 0.15) is 12.6 Å². The Balaban J connectivity index is 2.83. The minimum absolute atomic E-state index is 0.222. The van der Waals surface area contributed by atoms with Gasteiger partial charge in [0.05, 0.1) is 25.1 Å². The van der Waals surface area contributed by atoms with Crippen LogP contribution < -0.4 is 4.90 Å². The summed E-state index contributed by atoms with van der Waals surface area (Å²) in [4.78, 5) is 6.24. The Labute approximate surface area is 108 Å². The summed E-state index contributed by atoms with van der Waals surface area (Å²) >= 11 is 0. The van der Waals surface area contributed by atoms with Gasteiger partial charge in [0.15, 0.2) is 0 Å². The molecule has 0 aliphatic rings. The first kappa shape index (κ1) is 14.4. The molecule has 0 amide bonds. The van der Waals surface area contributed by atoms with Gasteiger partial charge >= 0.3 is 0 Å². The van der Waals surface area contributed by atoms with E-state index in [2.05, 4.69) is 16.8 Å². The number of pyridine rings is 1. The topological polar surface area (TPSA) is 58.4 Å². The molecule has 1 rings (SSSR count). The van der Waals surface area contributed by atoms with Gasteiger partial charge in [0.2, 0.25) is 0 Å². The first-order chi connectivity index (χ1) is 8.72. The fourth-order valence-electron chi connectivity index (χ4n) is 1.75. The molecule has 5 nitrogen and oxygen atoms in total. The van der Waals surface area contributed by atoms with Crippen LogP contribution in [0, 0.1) is 11.3 Å². The van der Waals surface area contributed by atoms with Crippen LogP contribution in [0.2, 0.25) is 0 Å². The highest BCUT2D eigenvalue weighted by Crippen LogP contribution is 2.16. The summed E-state index contributed by atoms with van der Waals surface area (Å²) in [6, 6.07) is 5.85. The molecule has 0 aliphatic carbocycles. The summed E-state index contributed by atoms with van der Waals surface area (Å²) in [6.07, 6.45) is 1.71. The molecule has 0 fully saturated rings. The highest BCUT2D eigenvalue weighted by Gasteiger charge is 2.14. The molecule has 0 saturated heterocycles. The second-order valence-electron chi connectivity index (χ2n) is 4.00. The lowest BCUT2D eigenvalue weighted by atomic mass is 10.2. The van der Waals surface area contributed by atoms with Crippen molar-refractivity contribution in [2.75, 3.05) is 38.9 Å². The molecule has 18 heavy (non-hydrogen) atoms. The molecule has 0 saturated carbocycles. The van der Waals surface area contributed by atoms with Crippen LogP contribution in [0.3, 0.4) is 0 Å². The molecule has 98 valence electrons. The van der Waals surface area contributed by atoms with Crippen molar-refractivity contribution >= 4 is 5.69 Å². The Morgan fingerprint density at radius 3 is 2.67 bits per heavy atom. The number of nitriles is 1. The van der Waals surface area contributed by atoms with Crippen molar-refractivity contribution < 1.29 is 9.47 Å². The van der Waals surface area contributed by atoms with Gasteiger partial charge in [0, 0.05) is 26.8 Å². The van der Waals surface area contributed by atoms with Crippen molar-refractivity contribution in [2.24, 2.45) is 0 Å². The average molecular weight is 249 g/mol. The van der Waals surface area contributed by atoms with Crippen molar-refractivity contribution in [3.8, 4) is 6.07 Å². The molecule has 5 heteroatoms. The maximum atomic E-state index is 8.74. The van der Waals surface area contributed by atoms with E-state index in [1.54, 1.807) is 26.5 Å². The van der Waals surface area contributed by atoms with Gasteiger partial charge in [-0.3, -0.25) is 0 Å². The smallest absolute Gasteiger partial charge is 0.140 e. The molecular weight excluding hydrogens is 230 g/mol. The third kappa shape index (κ3) is 3.99. The van der Waals surface area contributed by atoms with Crippen LogP contribution in [0.15, 0.2) is 18.3 Å². The number of hydrogen-bond acceptors (Lipinski definition) is 5. The summed E-state index contributed by atoms with van der Waals surface area (Å²) in [7, 11) is 3.36. The summed E-state index contributed by atoms with van der Waals surface area (Å²) < 4.78 is 10.3. The number of methoxy groups -OCH3 is 2.